The van der Waals surface area contributed by atoms with Gasteiger partial charge in [0.2, 0.25) is 5.91 Å². The van der Waals surface area contributed by atoms with E-state index in [2.05, 4.69) is 21.3 Å². The number of nitrogens with zero attached hydrogens (tertiary/aromatic N) is 2. The molecule has 5 heteroatoms. The predicted octanol–water partition coefficient (Wildman–Crippen LogP) is 2.45. The van der Waals surface area contributed by atoms with E-state index in [4.69, 9.17) is 0 Å². The zero-order valence-corrected chi connectivity index (χ0v) is 13.9. The number of thioether (sulfide) groups is 1. The molecule has 1 atom stereocenters. The van der Waals surface area contributed by atoms with Crippen molar-refractivity contribution in [2.75, 3.05) is 18.1 Å². The highest BCUT2D eigenvalue weighted by molar-refractivity contribution is 7.99. The number of carbonyl (C=O) groups is 1. The van der Waals surface area contributed by atoms with E-state index in [1.165, 1.54) is 23.5 Å². The van der Waals surface area contributed by atoms with Crippen molar-refractivity contribution < 1.29 is 4.79 Å². The SMILES string of the molecule is O=C(NC1CCSCC1)[C@@H]1CCCCN1Cc1cccnc1. The van der Waals surface area contributed by atoms with Crippen LogP contribution in [0.5, 0.6) is 0 Å². The van der Waals surface area contributed by atoms with Crippen LogP contribution >= 0.6 is 11.8 Å². The summed E-state index contributed by atoms with van der Waals surface area (Å²) in [4.78, 5) is 19.2. The third-order valence-electron chi connectivity index (χ3n) is 4.59. The molecule has 1 aromatic rings. The van der Waals surface area contributed by atoms with Crippen LogP contribution in [0.3, 0.4) is 0 Å². The third kappa shape index (κ3) is 4.23. The molecule has 1 aromatic heterocycles. The smallest absolute Gasteiger partial charge is 0.237 e. The lowest BCUT2D eigenvalue weighted by Gasteiger charge is -2.36. The highest BCUT2D eigenvalue weighted by Crippen LogP contribution is 2.21. The average molecular weight is 319 g/mol. The van der Waals surface area contributed by atoms with Crippen LogP contribution in [0, 0.1) is 0 Å². The number of amides is 1. The van der Waals surface area contributed by atoms with Crippen molar-refractivity contribution in [1.82, 2.24) is 15.2 Å². The minimum atomic E-state index is 0.0311. The molecule has 22 heavy (non-hydrogen) atoms. The van der Waals surface area contributed by atoms with Crippen LogP contribution in [-0.4, -0.2) is 45.9 Å². The van der Waals surface area contributed by atoms with Gasteiger partial charge < -0.3 is 5.32 Å². The molecule has 2 fully saturated rings. The maximum Gasteiger partial charge on any atom is 0.237 e. The lowest BCUT2D eigenvalue weighted by molar-refractivity contribution is -0.128. The van der Waals surface area contributed by atoms with Gasteiger partial charge in [-0.1, -0.05) is 12.5 Å². The molecular weight excluding hydrogens is 294 g/mol. The van der Waals surface area contributed by atoms with Gasteiger partial charge in [0.25, 0.3) is 0 Å². The van der Waals surface area contributed by atoms with Crippen LogP contribution in [0.4, 0.5) is 0 Å². The molecule has 0 aliphatic carbocycles. The Bertz CT molecular complexity index is 476. The number of carbonyl (C=O) groups excluding carboxylic acids is 1. The quantitative estimate of drug-likeness (QED) is 0.926. The van der Waals surface area contributed by atoms with E-state index in [1.54, 1.807) is 6.20 Å². The van der Waals surface area contributed by atoms with E-state index >= 15 is 0 Å². The summed E-state index contributed by atoms with van der Waals surface area (Å²) < 4.78 is 0. The van der Waals surface area contributed by atoms with Crippen LogP contribution in [0.15, 0.2) is 24.5 Å². The molecular formula is C17H25N3OS. The Morgan fingerprint density at radius 3 is 2.95 bits per heavy atom. The summed E-state index contributed by atoms with van der Waals surface area (Å²) in [5, 5.41) is 3.29. The van der Waals surface area contributed by atoms with Crippen molar-refractivity contribution >= 4 is 17.7 Å². The van der Waals surface area contributed by atoms with Crippen molar-refractivity contribution in [2.24, 2.45) is 0 Å². The maximum absolute atomic E-state index is 12.7. The van der Waals surface area contributed by atoms with Crippen molar-refractivity contribution in [3.05, 3.63) is 30.1 Å². The Balaban J connectivity index is 1.60. The fraction of sp³-hybridized carbons (Fsp3) is 0.647. The van der Waals surface area contributed by atoms with E-state index in [-0.39, 0.29) is 11.9 Å². The summed E-state index contributed by atoms with van der Waals surface area (Å²) in [5.74, 6) is 2.59. The number of likely N-dealkylation sites (tertiary alicyclic amines) is 1. The number of aromatic nitrogens is 1. The van der Waals surface area contributed by atoms with Gasteiger partial charge in [-0.25, -0.2) is 0 Å². The molecule has 0 radical (unpaired) electrons. The first-order valence-electron chi connectivity index (χ1n) is 8.34. The zero-order valence-electron chi connectivity index (χ0n) is 13.0. The molecule has 0 bridgehead atoms. The van der Waals surface area contributed by atoms with E-state index in [0.717, 1.165) is 38.8 Å². The zero-order chi connectivity index (χ0) is 15.2. The predicted molar refractivity (Wildman–Crippen MR) is 90.8 cm³/mol. The van der Waals surface area contributed by atoms with E-state index in [1.807, 2.05) is 24.0 Å². The van der Waals surface area contributed by atoms with Gasteiger partial charge in [-0.15, -0.1) is 0 Å². The Morgan fingerprint density at radius 2 is 2.18 bits per heavy atom. The second-order valence-corrected chi connectivity index (χ2v) is 7.46. The molecule has 3 rings (SSSR count). The van der Waals surface area contributed by atoms with Crippen LogP contribution in [0.2, 0.25) is 0 Å². The summed E-state index contributed by atoms with van der Waals surface area (Å²) in [6.07, 6.45) is 9.25. The number of hydrogen-bond acceptors (Lipinski definition) is 4. The van der Waals surface area contributed by atoms with Gasteiger partial charge in [0.15, 0.2) is 0 Å². The minimum absolute atomic E-state index is 0.0311. The molecule has 3 heterocycles. The van der Waals surface area contributed by atoms with Crippen molar-refractivity contribution in [1.29, 1.82) is 0 Å². The Labute approximate surface area is 137 Å². The van der Waals surface area contributed by atoms with Gasteiger partial charge >= 0.3 is 0 Å². The summed E-state index contributed by atoms with van der Waals surface area (Å²) in [5.41, 5.74) is 1.19. The minimum Gasteiger partial charge on any atom is -0.352 e. The van der Waals surface area contributed by atoms with Crippen LogP contribution in [0.25, 0.3) is 0 Å². The third-order valence-corrected chi connectivity index (χ3v) is 5.64. The molecule has 0 saturated carbocycles. The first-order valence-corrected chi connectivity index (χ1v) is 9.49. The van der Waals surface area contributed by atoms with E-state index in [9.17, 15) is 4.79 Å². The Kier molecular flexibility index (Phi) is 5.73. The van der Waals surface area contributed by atoms with Crippen LogP contribution in [-0.2, 0) is 11.3 Å². The van der Waals surface area contributed by atoms with Gasteiger partial charge in [0.05, 0.1) is 6.04 Å². The number of rotatable bonds is 4. The van der Waals surface area contributed by atoms with Crippen LogP contribution in [0.1, 0.15) is 37.7 Å². The van der Waals surface area contributed by atoms with Gasteiger partial charge in [-0.05, 0) is 55.4 Å². The molecule has 1 amide bonds. The number of hydrogen-bond donors (Lipinski definition) is 1. The van der Waals surface area contributed by atoms with E-state index < -0.39 is 0 Å². The molecule has 2 aliphatic rings. The van der Waals surface area contributed by atoms with Crippen LogP contribution < -0.4 is 5.32 Å². The average Bonchev–Trinajstić information content (AvgIpc) is 2.57. The van der Waals surface area contributed by atoms with Crippen molar-refractivity contribution in [2.45, 2.75) is 50.7 Å². The van der Waals surface area contributed by atoms with Crippen molar-refractivity contribution in [3.8, 4) is 0 Å². The van der Waals surface area contributed by atoms with E-state index in [0.29, 0.717) is 6.04 Å². The second kappa shape index (κ2) is 7.97. The molecule has 1 N–H and O–H groups in total. The molecule has 4 nitrogen and oxygen atoms in total. The Morgan fingerprint density at radius 1 is 1.32 bits per heavy atom. The monoisotopic (exact) mass is 319 g/mol. The second-order valence-electron chi connectivity index (χ2n) is 6.24. The lowest BCUT2D eigenvalue weighted by Crippen LogP contribution is -2.51. The standard InChI is InChI=1S/C17H25N3OS/c21-17(19-15-6-10-22-11-7-15)16-5-1-2-9-20(16)13-14-4-3-8-18-12-14/h3-4,8,12,15-16H,1-2,5-7,9-11,13H2,(H,19,21)/t16-/m0/s1. The molecule has 2 saturated heterocycles. The largest absolute Gasteiger partial charge is 0.352 e. The summed E-state index contributed by atoms with van der Waals surface area (Å²) in [6.45, 7) is 1.83. The maximum atomic E-state index is 12.7. The lowest BCUT2D eigenvalue weighted by atomic mass is 10.00. The van der Waals surface area contributed by atoms with Gasteiger partial charge in [-0.2, -0.15) is 11.8 Å². The van der Waals surface area contributed by atoms with Gasteiger partial charge in [0.1, 0.15) is 0 Å². The summed E-state index contributed by atoms with van der Waals surface area (Å²) in [6, 6.07) is 4.47. The first-order chi connectivity index (χ1) is 10.8. The Hall–Kier alpha value is -1.07. The molecule has 120 valence electrons. The normalized spacial score (nSPS) is 24.1. The molecule has 0 unspecified atom stereocenters. The number of piperidine rings is 1. The number of pyridine rings is 1. The summed E-state index contributed by atoms with van der Waals surface area (Å²) in [7, 11) is 0. The molecule has 0 spiro atoms. The topological polar surface area (TPSA) is 45.2 Å². The fourth-order valence-electron chi connectivity index (χ4n) is 3.34. The number of nitrogens with one attached hydrogen (secondary N) is 1. The first kappa shape index (κ1) is 15.8. The summed E-state index contributed by atoms with van der Waals surface area (Å²) >= 11 is 1.99. The highest BCUT2D eigenvalue weighted by Gasteiger charge is 2.30. The highest BCUT2D eigenvalue weighted by atomic mass is 32.2. The molecule has 0 aromatic carbocycles. The van der Waals surface area contributed by atoms with Gasteiger partial charge in [0, 0.05) is 25.0 Å². The molecule has 2 aliphatic heterocycles. The van der Waals surface area contributed by atoms with Gasteiger partial charge in [-0.3, -0.25) is 14.7 Å². The fourth-order valence-corrected chi connectivity index (χ4v) is 4.45. The van der Waals surface area contributed by atoms with Crippen molar-refractivity contribution in [3.63, 3.8) is 0 Å².